The van der Waals surface area contributed by atoms with Gasteiger partial charge < -0.3 is 25.6 Å². The Bertz CT molecular complexity index is 1300. The maximum Gasteiger partial charge on any atom is 0.355 e. The summed E-state index contributed by atoms with van der Waals surface area (Å²) in [6.07, 6.45) is 2.18. The summed E-state index contributed by atoms with van der Waals surface area (Å²) in [5.41, 5.74) is 7.57. The van der Waals surface area contributed by atoms with Crippen LogP contribution >= 0.6 is 22.7 Å². The number of para-hydroxylation sites is 1. The Morgan fingerprint density at radius 3 is 2.82 bits per heavy atom. The minimum atomic E-state index is -1.13. The van der Waals surface area contributed by atoms with E-state index in [1.165, 1.54) is 16.7 Å². The van der Waals surface area contributed by atoms with Crippen molar-refractivity contribution in [3.63, 3.8) is 0 Å². The maximum absolute atomic E-state index is 11.4. The molecule has 0 bridgehead atoms. The molecule has 0 aliphatic carbocycles. The number of rotatable bonds is 11. The molecular weight excluding hydrogens is 526 g/mol. The van der Waals surface area contributed by atoms with E-state index >= 15 is 0 Å². The van der Waals surface area contributed by atoms with Gasteiger partial charge >= 0.3 is 5.97 Å². The van der Waals surface area contributed by atoms with Crippen LogP contribution in [0.15, 0.2) is 46.3 Å². The average Bonchev–Trinajstić information content (AvgIpc) is 3.54. The number of morpholine rings is 1. The van der Waals surface area contributed by atoms with Crippen LogP contribution in [0.3, 0.4) is 0 Å². The lowest BCUT2D eigenvalue weighted by molar-refractivity contribution is 0.0130. The first-order valence-corrected chi connectivity index (χ1v) is 13.9. The Labute approximate surface area is 228 Å². The molecule has 0 spiro atoms. The molecule has 1 atom stereocenters. The summed E-state index contributed by atoms with van der Waals surface area (Å²) in [5.74, 6) is -0.794. The second kappa shape index (κ2) is 13.0. The number of aliphatic imine (C=N–C) groups is 1. The Balaban J connectivity index is 1.45. The van der Waals surface area contributed by atoms with Gasteiger partial charge in [0, 0.05) is 31.6 Å². The predicted molar refractivity (Wildman–Crippen MR) is 151 cm³/mol. The first-order chi connectivity index (χ1) is 18.3. The van der Waals surface area contributed by atoms with Gasteiger partial charge in [-0.05, 0) is 43.5 Å². The summed E-state index contributed by atoms with van der Waals surface area (Å²) in [5, 5.41) is 30.9. The minimum Gasteiger partial charge on any atom is -0.476 e. The number of carboxylic acids is 1. The van der Waals surface area contributed by atoms with Crippen LogP contribution in [-0.4, -0.2) is 88.2 Å². The average molecular weight is 558 g/mol. The number of aliphatic hydroxyl groups is 1. The summed E-state index contributed by atoms with van der Waals surface area (Å²) in [6.45, 7) is 5.65. The summed E-state index contributed by atoms with van der Waals surface area (Å²) in [6, 6.07) is 7.73. The van der Waals surface area contributed by atoms with Gasteiger partial charge in [-0.2, -0.15) is 0 Å². The number of β-amino-alcohol motifs (C(OH)–C–C–N with tert-alkyl or cyclic N) is 1. The molecule has 1 aliphatic heterocycles. The second-order valence-electron chi connectivity index (χ2n) is 8.85. The zero-order chi connectivity index (χ0) is 27.1. The number of amidine groups is 2. The number of aliphatic hydroxyl groups excluding tert-OH is 1. The Morgan fingerprint density at radius 2 is 2.11 bits per heavy atom. The maximum atomic E-state index is 11.4. The van der Waals surface area contributed by atoms with E-state index < -0.39 is 12.1 Å². The normalized spacial score (nSPS) is 16.1. The van der Waals surface area contributed by atoms with Gasteiger partial charge in [0.1, 0.15) is 11.7 Å². The third-order valence-electron chi connectivity index (χ3n) is 5.98. The third-order valence-corrected chi connectivity index (χ3v) is 7.77. The number of ether oxygens (including phenoxy) is 1. The Morgan fingerprint density at radius 1 is 1.34 bits per heavy atom. The van der Waals surface area contributed by atoms with Gasteiger partial charge in [0.15, 0.2) is 10.8 Å². The highest BCUT2D eigenvalue weighted by Crippen LogP contribution is 2.28. The van der Waals surface area contributed by atoms with Gasteiger partial charge in [0.05, 0.1) is 29.5 Å². The number of hydrogen-bond donors (Lipinski definition) is 4. The number of nitrogens with two attached hydrogens (primary N) is 1. The largest absolute Gasteiger partial charge is 0.476 e. The first kappa shape index (κ1) is 27.8. The summed E-state index contributed by atoms with van der Waals surface area (Å²) >= 11 is 2.58. The number of nitrogens with zero attached hydrogens (tertiary/aromatic N) is 5. The van der Waals surface area contributed by atoms with Crippen molar-refractivity contribution in [3.05, 3.63) is 47.0 Å². The molecule has 1 aromatic carbocycles. The smallest absolute Gasteiger partial charge is 0.355 e. The lowest BCUT2D eigenvalue weighted by atomic mass is 10.1. The molecule has 4 rings (SSSR count). The van der Waals surface area contributed by atoms with Crippen LogP contribution in [0.25, 0.3) is 10.2 Å². The molecule has 5 N–H and O–H groups in total. The molecule has 0 saturated carbocycles. The number of aromatic carboxylic acids is 1. The number of nitrogens with one attached hydrogen (secondary N) is 1. The van der Waals surface area contributed by atoms with E-state index in [9.17, 15) is 15.0 Å². The highest BCUT2D eigenvalue weighted by molar-refractivity contribution is 7.22. The number of aromatic nitrogens is 2. The second-order valence-corrected chi connectivity index (χ2v) is 10.7. The summed E-state index contributed by atoms with van der Waals surface area (Å²) in [4.78, 5) is 28.3. The van der Waals surface area contributed by atoms with Crippen LogP contribution in [0.4, 0.5) is 10.3 Å². The lowest BCUT2D eigenvalue weighted by Gasteiger charge is -2.29. The highest BCUT2D eigenvalue weighted by atomic mass is 32.1. The van der Waals surface area contributed by atoms with Gasteiger partial charge in [0.25, 0.3) is 0 Å². The van der Waals surface area contributed by atoms with E-state index in [2.05, 4.69) is 19.9 Å². The van der Waals surface area contributed by atoms with Crippen LogP contribution in [0.1, 0.15) is 30.3 Å². The van der Waals surface area contributed by atoms with E-state index in [4.69, 9.17) is 15.9 Å². The van der Waals surface area contributed by atoms with Crippen molar-refractivity contribution >= 4 is 60.8 Å². The number of anilines is 1. The number of benzene rings is 1. The zero-order valence-electron chi connectivity index (χ0n) is 21.0. The SMILES string of the molecule is C/C(=C/C(=N)N(CCCC(O)CN1CCOCC1)c1nc(C(=O)O)cs1)C(N)=Nc1nc2ccccc2s1. The van der Waals surface area contributed by atoms with E-state index in [0.717, 1.165) is 34.6 Å². The molecular formula is C25H31N7O4S2. The molecule has 1 saturated heterocycles. The molecule has 2 aromatic heterocycles. The van der Waals surface area contributed by atoms with Crippen molar-refractivity contribution in [3.8, 4) is 0 Å². The molecule has 13 heteroatoms. The monoisotopic (exact) mass is 557 g/mol. The van der Waals surface area contributed by atoms with Crippen LogP contribution in [-0.2, 0) is 4.74 Å². The van der Waals surface area contributed by atoms with Crippen molar-refractivity contribution in [2.45, 2.75) is 25.9 Å². The van der Waals surface area contributed by atoms with Gasteiger partial charge in [-0.15, -0.1) is 11.3 Å². The fourth-order valence-electron chi connectivity index (χ4n) is 3.92. The van der Waals surface area contributed by atoms with Gasteiger partial charge in [0.2, 0.25) is 5.13 Å². The van der Waals surface area contributed by atoms with Crippen molar-refractivity contribution in [2.75, 3.05) is 44.3 Å². The highest BCUT2D eigenvalue weighted by Gasteiger charge is 2.20. The van der Waals surface area contributed by atoms with Gasteiger partial charge in [-0.1, -0.05) is 23.5 Å². The van der Waals surface area contributed by atoms with Crippen LogP contribution in [0.5, 0.6) is 0 Å². The molecule has 0 radical (unpaired) electrons. The molecule has 1 unspecified atom stereocenters. The molecule has 202 valence electrons. The molecule has 38 heavy (non-hydrogen) atoms. The number of fused-ring (bicyclic) bond motifs is 1. The fourth-order valence-corrected chi connectivity index (χ4v) is 5.61. The summed E-state index contributed by atoms with van der Waals surface area (Å²) < 4.78 is 6.36. The van der Waals surface area contributed by atoms with Crippen LogP contribution in [0, 0.1) is 5.41 Å². The van der Waals surface area contributed by atoms with Crippen molar-refractivity contribution in [2.24, 2.45) is 10.7 Å². The van der Waals surface area contributed by atoms with Crippen LogP contribution in [0.2, 0.25) is 0 Å². The van der Waals surface area contributed by atoms with Crippen molar-refractivity contribution in [1.29, 1.82) is 5.41 Å². The van der Waals surface area contributed by atoms with E-state index in [1.807, 2.05) is 24.3 Å². The number of thiazole rings is 2. The minimum absolute atomic E-state index is 0.0761. The predicted octanol–water partition coefficient (Wildman–Crippen LogP) is 3.34. The van der Waals surface area contributed by atoms with E-state index in [-0.39, 0.29) is 17.4 Å². The number of hydrogen-bond acceptors (Lipinski definition) is 10. The third kappa shape index (κ3) is 7.42. The molecule has 1 aliphatic rings. The van der Waals surface area contributed by atoms with Crippen molar-refractivity contribution < 1.29 is 19.7 Å². The number of carbonyl (C=O) groups is 1. The van der Waals surface area contributed by atoms with Gasteiger partial charge in [-0.25, -0.2) is 19.8 Å². The standard InChI is InChI=1S/C25H31N7O4S2/c1-16(22(27)30-24-28-18-6-2-3-7-20(18)38-24)13-21(26)32(25-29-19(15-37-25)23(34)35)8-4-5-17(33)14-31-9-11-36-12-10-31/h2-3,6-7,13,15,17,26,33H,4-5,8-12,14H2,1H3,(H,34,35)(H2,27,28,30)/b16-13-,26-21?. The molecule has 11 nitrogen and oxygen atoms in total. The lowest BCUT2D eigenvalue weighted by Crippen LogP contribution is -2.41. The number of carboxylic acid groups (broad SMARTS) is 1. The van der Waals surface area contributed by atoms with Crippen molar-refractivity contribution in [1.82, 2.24) is 14.9 Å². The van der Waals surface area contributed by atoms with E-state index in [0.29, 0.717) is 55.0 Å². The summed E-state index contributed by atoms with van der Waals surface area (Å²) in [7, 11) is 0. The first-order valence-electron chi connectivity index (χ1n) is 12.2. The topological polar surface area (TPSA) is 161 Å². The molecule has 1 fully saturated rings. The molecule has 3 heterocycles. The zero-order valence-corrected chi connectivity index (χ0v) is 22.7. The van der Waals surface area contributed by atoms with Gasteiger partial charge in [-0.3, -0.25) is 10.3 Å². The Kier molecular flexibility index (Phi) is 9.53. The van der Waals surface area contributed by atoms with E-state index in [1.54, 1.807) is 17.9 Å². The van der Waals surface area contributed by atoms with Crippen LogP contribution < -0.4 is 10.6 Å². The fraction of sp³-hybridized carbons (Fsp3) is 0.400. The quantitative estimate of drug-likeness (QED) is 0.205. The molecule has 3 aromatic rings. The molecule has 0 amide bonds. The Hall–Kier alpha value is -3.23.